The molecule has 1 aromatic heterocycles. The zero-order valence-electron chi connectivity index (χ0n) is 27.4. The standard InChI is InChI=1S/C33H46N4O10/c1-22-34-27-21-25(9-10-26(27)31(40)37(22)28-11-12-29(38)36-30(28)39)46-20-18-44-16-14-42-13-15-43-17-19-45-24-7-5-23(6-8-24)35-32(41)47-33(2,3)4/h5-10,21,28-30,36,38-39H,11-20H2,1-4H3,(H,35,41). The number of amides is 1. The summed E-state index contributed by atoms with van der Waals surface area (Å²) >= 11 is 0. The van der Waals surface area contributed by atoms with Gasteiger partial charge in [0.15, 0.2) is 0 Å². The van der Waals surface area contributed by atoms with E-state index in [1.807, 2.05) is 0 Å². The number of ether oxygens (including phenoxy) is 6. The van der Waals surface area contributed by atoms with Crippen molar-refractivity contribution in [1.82, 2.24) is 14.9 Å². The number of aromatic nitrogens is 2. The molecule has 47 heavy (non-hydrogen) atoms. The Morgan fingerprint density at radius 1 is 0.894 bits per heavy atom. The molecule has 2 aromatic carbocycles. The first-order valence-corrected chi connectivity index (χ1v) is 15.7. The van der Waals surface area contributed by atoms with Crippen LogP contribution in [0.2, 0.25) is 0 Å². The highest BCUT2D eigenvalue weighted by molar-refractivity contribution is 5.84. The summed E-state index contributed by atoms with van der Waals surface area (Å²) in [6.45, 7) is 10.3. The Bertz CT molecular complexity index is 1490. The number of aliphatic hydroxyl groups excluding tert-OH is 2. The molecule has 14 nitrogen and oxygen atoms in total. The number of benzene rings is 2. The van der Waals surface area contributed by atoms with E-state index in [-0.39, 0.29) is 5.56 Å². The van der Waals surface area contributed by atoms with Crippen molar-refractivity contribution in [3.63, 3.8) is 0 Å². The van der Waals surface area contributed by atoms with Crippen LogP contribution in [0, 0.1) is 6.92 Å². The predicted molar refractivity (Wildman–Crippen MR) is 174 cm³/mol. The summed E-state index contributed by atoms with van der Waals surface area (Å²) in [5.74, 6) is 1.70. The Labute approximate surface area is 273 Å². The Morgan fingerprint density at radius 3 is 2.06 bits per heavy atom. The quantitative estimate of drug-likeness (QED) is 0.166. The van der Waals surface area contributed by atoms with Gasteiger partial charge in [0.25, 0.3) is 5.56 Å². The zero-order chi connectivity index (χ0) is 33.8. The lowest BCUT2D eigenvalue weighted by Gasteiger charge is -2.33. The van der Waals surface area contributed by atoms with Crippen molar-refractivity contribution in [3.05, 3.63) is 58.6 Å². The highest BCUT2D eigenvalue weighted by Crippen LogP contribution is 2.25. The number of aliphatic hydroxyl groups is 2. The molecule has 4 rings (SSSR count). The SMILES string of the molecule is Cc1nc2cc(OCCOCCOCCOCCOc3ccc(NC(=O)OC(C)(C)C)cc3)ccc2c(=O)n1C1CCC(O)NC1O. The molecule has 0 aliphatic carbocycles. The second-order valence-corrected chi connectivity index (χ2v) is 12.0. The van der Waals surface area contributed by atoms with Crippen molar-refractivity contribution in [3.8, 4) is 11.5 Å². The second-order valence-electron chi connectivity index (χ2n) is 12.0. The van der Waals surface area contributed by atoms with Crippen molar-refractivity contribution < 1.29 is 43.4 Å². The first-order valence-electron chi connectivity index (χ1n) is 15.7. The van der Waals surface area contributed by atoms with E-state index in [9.17, 15) is 19.8 Å². The van der Waals surface area contributed by atoms with E-state index in [1.165, 1.54) is 4.57 Å². The van der Waals surface area contributed by atoms with Crippen molar-refractivity contribution in [2.45, 2.75) is 64.6 Å². The fourth-order valence-corrected chi connectivity index (χ4v) is 4.95. The number of carbonyl (C=O) groups is 1. The molecule has 3 aromatic rings. The summed E-state index contributed by atoms with van der Waals surface area (Å²) in [6.07, 6.45) is -1.47. The smallest absolute Gasteiger partial charge is 0.412 e. The average molecular weight is 659 g/mol. The van der Waals surface area contributed by atoms with Gasteiger partial charge in [0.1, 0.15) is 48.6 Å². The Morgan fingerprint density at radius 2 is 1.47 bits per heavy atom. The molecular formula is C33H46N4O10. The van der Waals surface area contributed by atoms with Crippen LogP contribution in [0.15, 0.2) is 47.3 Å². The summed E-state index contributed by atoms with van der Waals surface area (Å²) in [6, 6.07) is 11.6. The molecule has 258 valence electrons. The van der Waals surface area contributed by atoms with Crippen LogP contribution in [0.3, 0.4) is 0 Å². The van der Waals surface area contributed by atoms with Gasteiger partial charge >= 0.3 is 6.09 Å². The maximum absolute atomic E-state index is 13.2. The van der Waals surface area contributed by atoms with Crippen LogP contribution in [0.1, 0.15) is 45.5 Å². The van der Waals surface area contributed by atoms with E-state index >= 15 is 0 Å². The topological polar surface area (TPSA) is 172 Å². The number of hydrogen-bond donors (Lipinski definition) is 4. The minimum absolute atomic E-state index is 0.249. The van der Waals surface area contributed by atoms with E-state index < -0.39 is 30.2 Å². The first-order chi connectivity index (χ1) is 22.5. The Balaban J connectivity index is 1.03. The Hall–Kier alpha value is -3.79. The number of nitrogens with zero attached hydrogens (tertiary/aromatic N) is 2. The van der Waals surface area contributed by atoms with Gasteiger partial charge in [-0.2, -0.15) is 0 Å². The largest absolute Gasteiger partial charge is 0.491 e. The summed E-state index contributed by atoms with van der Waals surface area (Å²) < 4.78 is 34.8. The van der Waals surface area contributed by atoms with Gasteiger partial charge in [-0.05, 0) is 76.9 Å². The molecule has 0 radical (unpaired) electrons. The molecule has 0 spiro atoms. The molecule has 1 aliphatic heterocycles. The van der Waals surface area contributed by atoms with Crippen LogP contribution in [-0.2, 0) is 18.9 Å². The van der Waals surface area contributed by atoms with Crippen LogP contribution in [0.5, 0.6) is 11.5 Å². The lowest BCUT2D eigenvalue weighted by Crippen LogP contribution is -2.50. The molecule has 1 aliphatic rings. The third-order valence-electron chi connectivity index (χ3n) is 7.08. The maximum atomic E-state index is 13.2. The third-order valence-corrected chi connectivity index (χ3v) is 7.08. The maximum Gasteiger partial charge on any atom is 0.412 e. The van der Waals surface area contributed by atoms with Gasteiger partial charge in [0.2, 0.25) is 0 Å². The summed E-state index contributed by atoms with van der Waals surface area (Å²) in [4.78, 5) is 29.6. The molecule has 0 bridgehead atoms. The summed E-state index contributed by atoms with van der Waals surface area (Å²) in [5.41, 5.74) is 0.307. The van der Waals surface area contributed by atoms with E-state index in [4.69, 9.17) is 28.4 Å². The minimum atomic E-state index is -1.05. The van der Waals surface area contributed by atoms with Gasteiger partial charge in [0.05, 0.1) is 56.6 Å². The fourth-order valence-electron chi connectivity index (χ4n) is 4.95. The van der Waals surface area contributed by atoms with Gasteiger partial charge in [-0.1, -0.05) is 0 Å². The van der Waals surface area contributed by atoms with E-state index in [0.717, 1.165) is 0 Å². The van der Waals surface area contributed by atoms with Gasteiger partial charge in [-0.15, -0.1) is 0 Å². The number of hydrogen-bond acceptors (Lipinski definition) is 12. The number of piperidine rings is 1. The number of anilines is 1. The molecule has 0 saturated carbocycles. The molecule has 3 atom stereocenters. The molecule has 1 fully saturated rings. The van der Waals surface area contributed by atoms with Crippen molar-refractivity contribution in [2.24, 2.45) is 0 Å². The van der Waals surface area contributed by atoms with Crippen LogP contribution in [-0.4, -0.2) is 96.8 Å². The average Bonchev–Trinajstić information content (AvgIpc) is 3.00. The van der Waals surface area contributed by atoms with E-state index in [2.05, 4.69) is 15.6 Å². The molecule has 1 amide bonds. The first kappa shape index (κ1) is 36.1. The van der Waals surface area contributed by atoms with Crippen LogP contribution >= 0.6 is 0 Å². The van der Waals surface area contributed by atoms with Crippen LogP contribution in [0.4, 0.5) is 10.5 Å². The van der Waals surface area contributed by atoms with Gasteiger partial charge in [-0.25, -0.2) is 9.78 Å². The molecule has 2 heterocycles. The van der Waals surface area contributed by atoms with Gasteiger partial charge < -0.3 is 38.6 Å². The predicted octanol–water partition coefficient (Wildman–Crippen LogP) is 3.12. The number of carbonyl (C=O) groups excluding carboxylic acids is 1. The van der Waals surface area contributed by atoms with Crippen molar-refractivity contribution in [1.29, 1.82) is 0 Å². The molecule has 4 N–H and O–H groups in total. The lowest BCUT2D eigenvalue weighted by molar-refractivity contribution is -0.0292. The summed E-state index contributed by atoms with van der Waals surface area (Å²) in [7, 11) is 0. The number of aryl methyl sites for hydroxylation is 1. The fraction of sp³-hybridized carbons (Fsp3) is 0.545. The number of rotatable bonds is 16. The van der Waals surface area contributed by atoms with Gasteiger partial charge in [-0.3, -0.25) is 20.0 Å². The summed E-state index contributed by atoms with van der Waals surface area (Å²) in [5, 5.41) is 25.8. The van der Waals surface area contributed by atoms with Crippen LogP contribution < -0.4 is 25.7 Å². The molecule has 1 saturated heterocycles. The highest BCUT2D eigenvalue weighted by Gasteiger charge is 2.31. The number of fused-ring (bicyclic) bond motifs is 1. The minimum Gasteiger partial charge on any atom is -0.491 e. The van der Waals surface area contributed by atoms with Gasteiger partial charge in [0, 0.05) is 11.8 Å². The monoisotopic (exact) mass is 658 g/mol. The van der Waals surface area contributed by atoms with Crippen molar-refractivity contribution >= 4 is 22.7 Å². The van der Waals surface area contributed by atoms with Crippen LogP contribution in [0.25, 0.3) is 10.9 Å². The second kappa shape index (κ2) is 17.4. The van der Waals surface area contributed by atoms with E-state index in [0.29, 0.717) is 99.6 Å². The molecule has 3 unspecified atom stereocenters. The highest BCUT2D eigenvalue weighted by atomic mass is 16.6. The zero-order valence-corrected chi connectivity index (χ0v) is 27.4. The Kier molecular flexibility index (Phi) is 13.3. The van der Waals surface area contributed by atoms with Crippen molar-refractivity contribution in [2.75, 3.05) is 58.2 Å². The molecule has 14 heteroatoms. The normalized spacial score (nSPS) is 18.2. The third kappa shape index (κ3) is 11.4. The lowest BCUT2D eigenvalue weighted by atomic mass is 10.0. The van der Waals surface area contributed by atoms with E-state index in [1.54, 1.807) is 70.2 Å². The number of nitrogens with one attached hydrogen (secondary N) is 2. The molecular weight excluding hydrogens is 612 g/mol.